The van der Waals surface area contributed by atoms with E-state index in [-0.39, 0.29) is 12.4 Å². The quantitative estimate of drug-likeness (QED) is 0.656. The Balaban J connectivity index is 0. The van der Waals surface area contributed by atoms with Crippen molar-refractivity contribution in [3.8, 4) is 0 Å². The molecule has 0 saturated carbocycles. The van der Waals surface area contributed by atoms with Gasteiger partial charge in [0.15, 0.2) is 0 Å². The third-order valence-corrected chi connectivity index (χ3v) is 0. The Bertz CT molecular complexity index is 8.00. The van der Waals surface area contributed by atoms with Gasteiger partial charge >= 0.3 is 34.1 Å². The zero-order valence-electron chi connectivity index (χ0n) is 1.94. The summed E-state index contributed by atoms with van der Waals surface area (Å²) >= 11 is 1.38. The third kappa shape index (κ3) is 11.1. The monoisotopic (exact) mass is 277 g/mol. The molecule has 0 spiro atoms. The van der Waals surface area contributed by atoms with Crippen molar-refractivity contribution in [3.63, 3.8) is 0 Å². The fourth-order valence-electron chi connectivity index (χ4n) is 0. The fourth-order valence-corrected chi connectivity index (χ4v) is 0. The molecule has 0 amide bonds. The van der Waals surface area contributed by atoms with Gasteiger partial charge in [0, 0.05) is 0 Å². The van der Waals surface area contributed by atoms with Crippen LogP contribution in [0.3, 0.4) is 0 Å². The van der Waals surface area contributed by atoms with Crippen LogP contribution in [0.15, 0.2) is 0 Å². The molecule has 0 aliphatic rings. The van der Waals surface area contributed by atoms with Gasteiger partial charge in [-0.25, -0.2) is 0 Å². The van der Waals surface area contributed by atoms with E-state index in [1.807, 2.05) is 0 Å². The summed E-state index contributed by atoms with van der Waals surface area (Å²) < 4.78 is 0.306. The van der Waals surface area contributed by atoms with Crippen LogP contribution in [0, 0.1) is 24.7 Å². The molecule has 0 aromatic carbocycles. The Labute approximate surface area is 46.7 Å². The van der Waals surface area contributed by atoms with Crippen LogP contribution in [-0.4, -0.2) is 9.42 Å². The summed E-state index contributed by atoms with van der Waals surface area (Å²) in [6, 6.07) is 0. The average Bonchev–Trinajstić information content (AvgIpc) is 0.918. The van der Waals surface area contributed by atoms with Gasteiger partial charge in [0.2, 0.25) is 0 Å². The number of rotatable bonds is 0. The number of aliphatic hydroxyl groups excluding tert-OH is 1. The molecular weight excluding hydrogens is 273 g/mol. The van der Waals surface area contributed by atoms with E-state index in [1.54, 1.807) is 0 Å². The second-order valence-electron chi connectivity index (χ2n) is 0.120. The van der Waals surface area contributed by atoms with Crippen molar-refractivity contribution in [2.45, 2.75) is 0 Å². The van der Waals surface area contributed by atoms with E-state index in [2.05, 4.69) is 0 Å². The molecule has 28 valence electrons. The number of hydrogen-bond acceptors (Lipinski definition) is 1. The summed E-state index contributed by atoms with van der Waals surface area (Å²) in [5.41, 5.74) is 0. The Morgan fingerprint density at radius 1 is 1.75 bits per heavy atom. The van der Waals surface area contributed by atoms with Crippen molar-refractivity contribution >= 4 is 12.4 Å². The van der Waals surface area contributed by atoms with Crippen LogP contribution in [0.5, 0.6) is 0 Å². The predicted octanol–water partition coefficient (Wildman–Crippen LogP) is -0.0927. The second kappa shape index (κ2) is 8.92. The SMILES string of the molecule is Cl.OC[At]. The first-order valence-electron chi connectivity index (χ1n) is 0.583. The molecule has 0 aliphatic heterocycles. The summed E-state index contributed by atoms with van der Waals surface area (Å²) in [4.78, 5) is 0. The Morgan fingerprint density at radius 2 is 1.75 bits per heavy atom. The van der Waals surface area contributed by atoms with Crippen molar-refractivity contribution in [2.24, 2.45) is 0 Å². The summed E-state index contributed by atoms with van der Waals surface area (Å²) in [5, 5.41) is 7.59. The molecule has 4 heavy (non-hydrogen) atoms. The summed E-state index contributed by atoms with van der Waals surface area (Å²) in [6.45, 7) is 0. The van der Waals surface area contributed by atoms with E-state index in [9.17, 15) is 0 Å². The van der Waals surface area contributed by atoms with Crippen LogP contribution in [-0.2, 0) is 0 Å². The Kier molecular flexibility index (Phi) is 19.9. The van der Waals surface area contributed by atoms with Crippen LogP contribution in [0.1, 0.15) is 0 Å². The second-order valence-corrected chi connectivity index (χ2v) is 1.05. The summed E-state index contributed by atoms with van der Waals surface area (Å²) in [6.07, 6.45) is 0. The van der Waals surface area contributed by atoms with E-state index in [0.29, 0.717) is 4.31 Å². The van der Waals surface area contributed by atoms with Crippen LogP contribution in [0.2, 0.25) is 0 Å². The van der Waals surface area contributed by atoms with Crippen LogP contribution in [0.4, 0.5) is 0 Å². The topological polar surface area (TPSA) is 20.2 Å². The van der Waals surface area contributed by atoms with Gasteiger partial charge in [0.25, 0.3) is 0 Å². The van der Waals surface area contributed by atoms with Gasteiger partial charge in [0.05, 0.1) is 0 Å². The maximum atomic E-state index is 7.59. The van der Waals surface area contributed by atoms with Gasteiger partial charge in [-0.2, -0.15) is 0 Å². The zero-order valence-corrected chi connectivity index (χ0v) is 5.70. The molecule has 0 fully saturated rings. The first-order valence-corrected chi connectivity index (χ1v) is 2.66. The standard InChI is InChI=1S/CH3AtO.ClH/c2-1-3;/h3H,1H2;1H. The van der Waals surface area contributed by atoms with Crippen LogP contribution in [0.25, 0.3) is 0 Å². The van der Waals surface area contributed by atoms with E-state index in [1.165, 1.54) is 24.7 Å². The van der Waals surface area contributed by atoms with Gasteiger partial charge in [0.1, 0.15) is 0 Å². The predicted molar refractivity (Wildman–Crippen MR) is 14.3 cm³/mol. The Hall–Kier alpha value is 1.13. The first kappa shape index (κ1) is 8.93. The summed E-state index contributed by atoms with van der Waals surface area (Å²) in [7, 11) is 0. The zero-order chi connectivity index (χ0) is 2.71. The van der Waals surface area contributed by atoms with Gasteiger partial charge in [-0.15, -0.1) is 12.4 Å². The van der Waals surface area contributed by atoms with Crippen molar-refractivity contribution in [1.29, 1.82) is 0 Å². The van der Waals surface area contributed by atoms with Gasteiger partial charge in [-0.3, -0.25) is 0 Å². The Morgan fingerprint density at radius 3 is 1.75 bits per heavy atom. The van der Waals surface area contributed by atoms with E-state index in [0.717, 1.165) is 0 Å². The number of halogens is 1. The van der Waals surface area contributed by atoms with Crippen molar-refractivity contribution in [1.82, 2.24) is 0 Å². The van der Waals surface area contributed by atoms with Gasteiger partial charge < -0.3 is 0 Å². The molecule has 0 radical (unpaired) electrons. The minimum absolute atomic E-state index is 0. The number of hydrogen-bond donors (Lipinski definition) is 1. The van der Waals surface area contributed by atoms with Crippen molar-refractivity contribution in [3.05, 3.63) is 0 Å². The fraction of sp³-hybridized carbons (Fsp3) is 1.00. The first-order chi connectivity index (χ1) is 1.41. The molecule has 1 nitrogen and oxygen atoms in total. The van der Waals surface area contributed by atoms with E-state index < -0.39 is 0 Å². The maximum absolute atomic E-state index is 7.59. The minimum atomic E-state index is 0. The van der Waals surface area contributed by atoms with Crippen molar-refractivity contribution < 1.29 is 29.8 Å². The normalized spacial score (nSPS) is 4.50. The van der Waals surface area contributed by atoms with Crippen molar-refractivity contribution in [2.75, 3.05) is 4.31 Å². The number of aliphatic hydroxyl groups is 1. The van der Waals surface area contributed by atoms with Crippen LogP contribution >= 0.6 is 12.4 Å². The molecule has 0 bridgehead atoms. The molecule has 3 heteroatoms. The van der Waals surface area contributed by atoms with Gasteiger partial charge in [-0.1, -0.05) is 0 Å². The molecule has 0 aliphatic carbocycles. The van der Waals surface area contributed by atoms with E-state index >= 15 is 0 Å². The third-order valence-electron chi connectivity index (χ3n) is 0. The van der Waals surface area contributed by atoms with E-state index in [4.69, 9.17) is 5.11 Å². The van der Waals surface area contributed by atoms with Crippen LogP contribution < -0.4 is 0 Å². The molecule has 0 aromatic heterocycles. The molecule has 0 atom stereocenters. The average molecular weight is 277 g/mol. The molecule has 0 rings (SSSR count). The molecule has 0 saturated heterocycles. The molecule has 0 aromatic rings. The molecule has 1 N–H and O–H groups in total. The molecule has 0 unspecified atom stereocenters. The van der Waals surface area contributed by atoms with Gasteiger partial charge in [-0.05, 0) is 0 Å². The molecular formula is CH4AtClO. The summed E-state index contributed by atoms with van der Waals surface area (Å²) in [5.74, 6) is 0. The molecule has 0 heterocycles.